The first kappa shape index (κ1) is 27.1. The third kappa shape index (κ3) is 299. The normalized spacial score (nSPS) is 9.78. The van der Waals surface area contributed by atoms with Crippen molar-refractivity contribution in [3.05, 3.63) is 12.7 Å². The van der Waals surface area contributed by atoms with Crippen molar-refractivity contribution in [2.24, 2.45) is 0 Å². The second kappa shape index (κ2) is 15.8. The van der Waals surface area contributed by atoms with Crippen LogP contribution in [0, 0.1) is 0 Å². The van der Waals surface area contributed by atoms with E-state index in [1.165, 1.54) is 0 Å². The smallest absolute Gasteiger partial charge is 0.243 e. The minimum atomic E-state index is -3.31. The van der Waals surface area contributed by atoms with E-state index in [4.69, 9.17) is 0 Å². The Morgan fingerprint density at radius 3 is 1.11 bits per heavy atom. The lowest BCUT2D eigenvalue weighted by Gasteiger charge is -1.96. The quantitative estimate of drug-likeness (QED) is 0.303. The summed E-state index contributed by atoms with van der Waals surface area (Å²) in [5.41, 5.74) is 0. The average molecular weight is 461 g/mol. The molecular weight excluding hydrogens is 455 g/mol. The first-order valence-electron chi connectivity index (χ1n) is 3.21. The SMILES string of the molecule is C=C(F)F.FC(F)(Cl)Br.FCC(F)(F)Br.FCCl. The van der Waals surface area contributed by atoms with Gasteiger partial charge in [-0.25, -0.2) is 8.78 Å². The van der Waals surface area contributed by atoms with Crippen molar-refractivity contribution >= 4 is 55.1 Å². The lowest BCUT2D eigenvalue weighted by Crippen LogP contribution is -2.05. The number of hydrogen-bond acceptors (Lipinski definition) is 0. The van der Waals surface area contributed by atoms with E-state index in [0.29, 0.717) is 0 Å². The molecular formula is C6H6Br2Cl2F8. The van der Waals surface area contributed by atoms with Crippen molar-refractivity contribution in [1.82, 2.24) is 0 Å². The Bertz CT molecular complexity index is 171. The summed E-state index contributed by atoms with van der Waals surface area (Å²) < 4.78 is 81.2. The zero-order valence-corrected chi connectivity index (χ0v) is 12.8. The Balaban J connectivity index is -0.0000000750. The molecule has 0 nitrogen and oxygen atoms in total. The standard InChI is InChI=1S/C2H2BrF3.C2H2F2.CBrClF2.CH2ClF/c3-2(5,6)1-4;1-2(3)4;2-1(3,4)5;2-1-3/h1H2;1H2;;1H2. The highest BCUT2D eigenvalue weighted by atomic mass is 79.9. The minimum Gasteiger partial charge on any atom is -0.243 e. The van der Waals surface area contributed by atoms with Gasteiger partial charge < -0.3 is 0 Å². The average Bonchev–Trinajstić information content (AvgIpc) is 1.99. The molecule has 0 atom stereocenters. The highest BCUT2D eigenvalue weighted by molar-refractivity contribution is 9.10. The zero-order valence-electron chi connectivity index (χ0n) is 8.16. The third-order valence-corrected chi connectivity index (χ3v) is 0.363. The Hall–Kier alpha value is 0.720. The molecule has 12 heteroatoms. The fourth-order valence-electron chi connectivity index (χ4n) is 0. The molecule has 0 spiro atoms. The van der Waals surface area contributed by atoms with Gasteiger partial charge in [0, 0.05) is 15.9 Å². The molecule has 0 aromatic rings. The summed E-state index contributed by atoms with van der Waals surface area (Å²) in [6, 6.07) is 0. The van der Waals surface area contributed by atoms with Crippen LogP contribution in [0.2, 0.25) is 0 Å². The molecule has 0 radical (unpaired) electrons. The Kier molecular flexibility index (Phi) is 23.8. The Morgan fingerprint density at radius 1 is 1.06 bits per heavy atom. The van der Waals surface area contributed by atoms with Gasteiger partial charge in [0.05, 0.1) is 0 Å². The van der Waals surface area contributed by atoms with Gasteiger partial charge in [-0.05, 0) is 34.1 Å². The molecule has 0 aliphatic heterocycles. The highest BCUT2D eigenvalue weighted by Gasteiger charge is 2.22. The highest BCUT2D eigenvalue weighted by Crippen LogP contribution is 2.25. The van der Waals surface area contributed by atoms with Crippen LogP contribution in [0.4, 0.5) is 35.1 Å². The third-order valence-electron chi connectivity index (χ3n) is 0.152. The zero-order chi connectivity index (χ0) is 16.0. The van der Waals surface area contributed by atoms with Crippen molar-refractivity contribution in [3.8, 4) is 0 Å². The van der Waals surface area contributed by atoms with Crippen molar-refractivity contribution in [3.63, 3.8) is 0 Å². The van der Waals surface area contributed by atoms with Crippen molar-refractivity contribution in [2.75, 3.05) is 12.8 Å². The molecule has 114 valence electrons. The van der Waals surface area contributed by atoms with Crippen LogP contribution in [-0.4, -0.2) is 21.9 Å². The second-order valence-corrected chi connectivity index (χ2v) is 4.91. The summed E-state index contributed by atoms with van der Waals surface area (Å²) in [6.45, 7) is 0.576. The Labute approximate surface area is 125 Å². The van der Waals surface area contributed by atoms with E-state index in [9.17, 15) is 35.1 Å². The van der Waals surface area contributed by atoms with Crippen LogP contribution in [-0.2, 0) is 0 Å². The first-order chi connectivity index (χ1) is 7.71. The first-order valence-corrected chi connectivity index (χ1v) is 5.71. The largest absolute Gasteiger partial charge is 0.378 e. The van der Waals surface area contributed by atoms with E-state index >= 15 is 0 Å². The van der Waals surface area contributed by atoms with E-state index in [1.807, 2.05) is 15.9 Å². The molecule has 0 saturated heterocycles. The predicted molar refractivity (Wildman–Crippen MR) is 62.8 cm³/mol. The van der Waals surface area contributed by atoms with Crippen molar-refractivity contribution in [1.29, 1.82) is 0 Å². The summed E-state index contributed by atoms with van der Waals surface area (Å²) in [5.74, 6) is 0. The van der Waals surface area contributed by atoms with E-state index in [-0.39, 0.29) is 0 Å². The number of halogens is 12. The van der Waals surface area contributed by atoms with Crippen LogP contribution in [0.5, 0.6) is 0 Å². The molecule has 0 aromatic heterocycles. The van der Waals surface area contributed by atoms with E-state index in [0.717, 1.165) is 0 Å². The molecule has 0 rings (SSSR count). The van der Waals surface area contributed by atoms with Gasteiger partial charge in [-0.1, -0.05) is 11.6 Å². The summed E-state index contributed by atoms with van der Waals surface area (Å²) in [5, 5.41) is 0. The summed E-state index contributed by atoms with van der Waals surface area (Å²) >= 11 is 12.0. The minimum absolute atomic E-state index is 0.778. The van der Waals surface area contributed by atoms with E-state index in [1.54, 1.807) is 15.9 Å². The molecule has 0 amide bonds. The molecule has 0 aromatic carbocycles. The van der Waals surface area contributed by atoms with Crippen LogP contribution in [0.15, 0.2) is 12.7 Å². The van der Waals surface area contributed by atoms with Crippen molar-refractivity contribution < 1.29 is 35.1 Å². The lowest BCUT2D eigenvalue weighted by molar-refractivity contribution is 0.0822. The topological polar surface area (TPSA) is 0 Å². The summed E-state index contributed by atoms with van der Waals surface area (Å²) in [7, 11) is 0. The van der Waals surface area contributed by atoms with Gasteiger partial charge in [-0.15, -0.1) is 0 Å². The molecule has 0 saturated carbocycles. The fraction of sp³-hybridized carbons (Fsp3) is 0.667. The van der Waals surface area contributed by atoms with Gasteiger partial charge >= 0.3 is 9.12 Å². The van der Waals surface area contributed by atoms with Gasteiger partial charge in [-0.3, -0.25) is 0 Å². The van der Waals surface area contributed by atoms with E-state index < -0.39 is 28.0 Å². The summed E-state index contributed by atoms with van der Waals surface area (Å²) in [6.07, 6.45) is -2.61. The number of hydrogen-bond donors (Lipinski definition) is 0. The molecule has 0 aliphatic rings. The Morgan fingerprint density at radius 2 is 1.11 bits per heavy atom. The molecule has 0 fully saturated rings. The lowest BCUT2D eigenvalue weighted by atomic mass is 10.8. The number of alkyl halides is 10. The van der Waals surface area contributed by atoms with Crippen LogP contribution in [0.3, 0.4) is 0 Å². The maximum Gasteiger partial charge on any atom is 0.378 e. The second-order valence-electron chi connectivity index (χ2n) is 1.62. The molecule has 0 unspecified atom stereocenters. The molecule has 0 bridgehead atoms. The molecule has 18 heavy (non-hydrogen) atoms. The molecule has 0 heterocycles. The van der Waals surface area contributed by atoms with Crippen molar-refractivity contribution in [2.45, 2.75) is 9.12 Å². The van der Waals surface area contributed by atoms with Crippen LogP contribution >= 0.6 is 55.1 Å². The van der Waals surface area contributed by atoms with Gasteiger partial charge in [0.15, 0.2) is 12.8 Å². The van der Waals surface area contributed by atoms with Crippen LogP contribution in [0.1, 0.15) is 0 Å². The number of rotatable bonds is 1. The van der Waals surface area contributed by atoms with Crippen LogP contribution < -0.4 is 0 Å². The van der Waals surface area contributed by atoms with Crippen LogP contribution in [0.25, 0.3) is 0 Å². The summed E-state index contributed by atoms with van der Waals surface area (Å²) in [4.78, 5) is -3.31. The maximum absolute atomic E-state index is 11.0. The molecule has 0 aliphatic carbocycles. The van der Waals surface area contributed by atoms with Gasteiger partial charge in [0.25, 0.3) is 6.08 Å². The fourth-order valence-corrected chi connectivity index (χ4v) is 0. The predicted octanol–water partition coefficient (Wildman–Crippen LogP) is 6.66. The van der Waals surface area contributed by atoms with Gasteiger partial charge in [-0.2, -0.15) is 26.3 Å². The maximum atomic E-state index is 11.0. The van der Waals surface area contributed by atoms with E-state index in [2.05, 4.69) is 29.8 Å². The monoisotopic (exact) mass is 458 g/mol. The van der Waals surface area contributed by atoms with Gasteiger partial charge in [0.2, 0.25) is 0 Å². The van der Waals surface area contributed by atoms with Gasteiger partial charge in [0.1, 0.15) is 0 Å². The molecule has 0 N–H and O–H groups in total.